The Balaban J connectivity index is 1.66. The summed E-state index contributed by atoms with van der Waals surface area (Å²) < 4.78 is 0. The van der Waals surface area contributed by atoms with Crippen LogP contribution in [0.2, 0.25) is 0 Å². The number of carbonyl (C=O) groups excluding carboxylic acids is 2. The Bertz CT molecular complexity index is 863. The summed E-state index contributed by atoms with van der Waals surface area (Å²) in [6.45, 7) is 4.23. The van der Waals surface area contributed by atoms with Gasteiger partial charge in [0.15, 0.2) is 12.2 Å². The van der Waals surface area contributed by atoms with Gasteiger partial charge in [0.1, 0.15) is 0 Å². The van der Waals surface area contributed by atoms with Crippen LogP contribution in [0.5, 0.6) is 0 Å². The molecule has 4 rings (SSSR count). The quantitative estimate of drug-likeness (QED) is 0.835. The van der Waals surface area contributed by atoms with E-state index < -0.39 is 12.2 Å². The normalized spacial score (nSPS) is 23.9. The number of aliphatic hydroxyl groups is 1. The highest BCUT2D eigenvalue weighted by Crippen LogP contribution is 2.36. The first-order valence-electron chi connectivity index (χ1n) is 9.60. The molecule has 2 unspecified atom stereocenters. The van der Waals surface area contributed by atoms with E-state index in [2.05, 4.69) is 31.2 Å². The summed E-state index contributed by atoms with van der Waals surface area (Å²) in [6, 6.07) is 7.33. The SMILES string of the molecule is CCc1ccc(N2C(C)=CN3C2=NC2C3C(=O)N(CCCO)C(=O)N2C)cc1. The highest BCUT2D eigenvalue weighted by atomic mass is 16.3. The molecule has 3 heterocycles. The molecule has 0 aliphatic carbocycles. The Morgan fingerprint density at radius 1 is 1.18 bits per heavy atom. The molecule has 1 N–H and O–H groups in total. The average molecular weight is 383 g/mol. The number of hydrogen-bond acceptors (Lipinski definition) is 6. The predicted molar refractivity (Wildman–Crippen MR) is 105 cm³/mol. The number of hydrogen-bond donors (Lipinski definition) is 1. The van der Waals surface area contributed by atoms with E-state index in [1.54, 1.807) is 7.05 Å². The number of aliphatic hydroxyl groups excluding tert-OH is 1. The van der Waals surface area contributed by atoms with Crippen molar-refractivity contribution in [2.75, 3.05) is 25.1 Å². The summed E-state index contributed by atoms with van der Waals surface area (Å²) >= 11 is 0. The third-order valence-corrected chi connectivity index (χ3v) is 5.53. The molecule has 28 heavy (non-hydrogen) atoms. The molecule has 3 aliphatic rings. The van der Waals surface area contributed by atoms with E-state index in [0.29, 0.717) is 12.4 Å². The van der Waals surface area contributed by atoms with Gasteiger partial charge >= 0.3 is 6.03 Å². The maximum Gasteiger partial charge on any atom is 0.328 e. The molecule has 1 fully saturated rings. The smallest absolute Gasteiger partial charge is 0.328 e. The Morgan fingerprint density at radius 3 is 2.54 bits per heavy atom. The van der Waals surface area contributed by atoms with Crippen molar-refractivity contribution < 1.29 is 14.7 Å². The van der Waals surface area contributed by atoms with Crippen molar-refractivity contribution in [1.29, 1.82) is 0 Å². The molecule has 0 saturated carbocycles. The van der Waals surface area contributed by atoms with Gasteiger partial charge in [-0.1, -0.05) is 19.1 Å². The molecular weight excluding hydrogens is 358 g/mol. The molecule has 0 bridgehead atoms. The van der Waals surface area contributed by atoms with E-state index in [1.165, 1.54) is 15.4 Å². The molecule has 0 spiro atoms. The first-order chi connectivity index (χ1) is 13.5. The van der Waals surface area contributed by atoms with Crippen molar-refractivity contribution in [2.45, 2.75) is 38.9 Å². The van der Waals surface area contributed by atoms with Gasteiger partial charge in [-0.15, -0.1) is 0 Å². The number of carbonyl (C=O) groups is 2. The number of aryl methyl sites for hydroxylation is 1. The molecular formula is C20H25N5O3. The lowest BCUT2D eigenvalue weighted by molar-refractivity contribution is -0.136. The van der Waals surface area contributed by atoms with E-state index in [4.69, 9.17) is 10.1 Å². The van der Waals surface area contributed by atoms with Gasteiger partial charge < -0.3 is 14.9 Å². The van der Waals surface area contributed by atoms with Crippen LogP contribution in [0.25, 0.3) is 0 Å². The number of benzene rings is 1. The molecule has 8 nitrogen and oxygen atoms in total. The van der Waals surface area contributed by atoms with E-state index in [-0.39, 0.29) is 25.1 Å². The lowest BCUT2D eigenvalue weighted by atomic mass is 10.1. The topological polar surface area (TPSA) is 79.7 Å². The maximum atomic E-state index is 13.1. The summed E-state index contributed by atoms with van der Waals surface area (Å²) in [4.78, 5) is 37.1. The molecule has 3 amide bonds. The second kappa shape index (κ2) is 6.94. The van der Waals surface area contributed by atoms with E-state index in [0.717, 1.165) is 17.8 Å². The van der Waals surface area contributed by atoms with Crippen LogP contribution >= 0.6 is 0 Å². The summed E-state index contributed by atoms with van der Waals surface area (Å²) in [7, 11) is 1.67. The van der Waals surface area contributed by atoms with Gasteiger partial charge in [0, 0.05) is 37.8 Å². The van der Waals surface area contributed by atoms with Crippen LogP contribution in [-0.2, 0) is 11.2 Å². The second-order valence-corrected chi connectivity index (χ2v) is 7.28. The molecule has 1 saturated heterocycles. The fraction of sp³-hybridized carbons (Fsp3) is 0.450. The summed E-state index contributed by atoms with van der Waals surface area (Å²) in [6.07, 6.45) is 2.70. The monoisotopic (exact) mass is 383 g/mol. The molecule has 1 aromatic carbocycles. The van der Waals surface area contributed by atoms with Crippen LogP contribution in [0, 0.1) is 0 Å². The zero-order valence-electron chi connectivity index (χ0n) is 16.4. The summed E-state index contributed by atoms with van der Waals surface area (Å²) in [5.41, 5.74) is 3.20. The molecule has 8 heteroatoms. The van der Waals surface area contributed by atoms with Crippen LogP contribution in [0.4, 0.5) is 10.5 Å². The second-order valence-electron chi connectivity index (χ2n) is 7.28. The molecule has 148 valence electrons. The zero-order chi connectivity index (χ0) is 20.0. The number of rotatable bonds is 5. The minimum absolute atomic E-state index is 0.0686. The number of aliphatic imine (C=N–C) groups is 1. The van der Waals surface area contributed by atoms with Crippen molar-refractivity contribution in [3.8, 4) is 0 Å². The van der Waals surface area contributed by atoms with Gasteiger partial charge in [-0.25, -0.2) is 9.79 Å². The van der Waals surface area contributed by atoms with E-state index >= 15 is 0 Å². The van der Waals surface area contributed by atoms with Crippen LogP contribution in [-0.4, -0.2) is 70.1 Å². The van der Waals surface area contributed by atoms with Crippen LogP contribution in [0.3, 0.4) is 0 Å². The highest BCUT2D eigenvalue weighted by molar-refractivity contribution is 6.09. The van der Waals surface area contributed by atoms with Crippen molar-refractivity contribution in [3.05, 3.63) is 41.7 Å². The average Bonchev–Trinajstić information content (AvgIpc) is 3.21. The largest absolute Gasteiger partial charge is 0.396 e. The van der Waals surface area contributed by atoms with Crippen LogP contribution in [0.1, 0.15) is 25.8 Å². The first kappa shape index (κ1) is 18.5. The summed E-state index contributed by atoms with van der Waals surface area (Å²) in [5, 5.41) is 9.09. The standard InChI is InChI=1S/C20H25N5O3/c1-4-14-6-8-15(9-7-14)25-13(2)12-24-16-17(21-19(24)25)22(3)20(28)23(18(16)27)10-5-11-26/h6-9,12,16-17,26H,4-5,10-11H2,1-3H3. The number of amides is 3. The minimum atomic E-state index is -0.578. The van der Waals surface area contributed by atoms with Crippen molar-refractivity contribution in [3.63, 3.8) is 0 Å². The fourth-order valence-electron chi connectivity index (χ4n) is 3.99. The van der Waals surface area contributed by atoms with Gasteiger partial charge in [-0.05, 0) is 37.5 Å². The predicted octanol–water partition coefficient (Wildman–Crippen LogP) is 1.57. The molecule has 3 aliphatic heterocycles. The highest BCUT2D eigenvalue weighted by Gasteiger charge is 2.54. The lowest BCUT2D eigenvalue weighted by Crippen LogP contribution is -2.64. The molecule has 0 aromatic heterocycles. The van der Waals surface area contributed by atoms with E-state index in [1.807, 2.05) is 22.9 Å². The third kappa shape index (κ3) is 2.67. The number of allylic oxidation sites excluding steroid dienone is 1. The van der Waals surface area contributed by atoms with Gasteiger partial charge in [-0.2, -0.15) is 0 Å². The van der Waals surface area contributed by atoms with Crippen molar-refractivity contribution >= 4 is 23.6 Å². The number of imide groups is 1. The fourth-order valence-corrected chi connectivity index (χ4v) is 3.99. The lowest BCUT2D eigenvalue weighted by Gasteiger charge is -2.40. The Hall–Kier alpha value is -2.87. The number of nitrogens with zero attached hydrogens (tertiary/aromatic N) is 5. The van der Waals surface area contributed by atoms with Gasteiger partial charge in [-0.3, -0.25) is 14.6 Å². The minimum Gasteiger partial charge on any atom is -0.396 e. The molecule has 2 atom stereocenters. The number of fused-ring (bicyclic) bond motifs is 3. The number of guanidine groups is 1. The van der Waals surface area contributed by atoms with Gasteiger partial charge in [0.2, 0.25) is 5.96 Å². The van der Waals surface area contributed by atoms with Crippen molar-refractivity contribution in [2.24, 2.45) is 4.99 Å². The number of urea groups is 1. The molecule has 0 radical (unpaired) electrons. The third-order valence-electron chi connectivity index (χ3n) is 5.53. The van der Waals surface area contributed by atoms with E-state index in [9.17, 15) is 9.59 Å². The van der Waals surface area contributed by atoms with Gasteiger partial charge in [0.25, 0.3) is 5.91 Å². The van der Waals surface area contributed by atoms with Gasteiger partial charge in [0.05, 0.1) is 0 Å². The Morgan fingerprint density at radius 2 is 1.89 bits per heavy atom. The first-order valence-corrected chi connectivity index (χ1v) is 9.60. The Labute approximate surface area is 164 Å². The number of likely N-dealkylation sites (N-methyl/N-ethyl adjacent to an activating group) is 1. The Kier molecular flexibility index (Phi) is 4.58. The molecule has 1 aromatic rings. The number of anilines is 1. The van der Waals surface area contributed by atoms with Crippen molar-refractivity contribution in [1.82, 2.24) is 14.7 Å². The van der Waals surface area contributed by atoms with Crippen LogP contribution in [0.15, 0.2) is 41.2 Å². The van der Waals surface area contributed by atoms with Crippen LogP contribution < -0.4 is 4.90 Å². The maximum absolute atomic E-state index is 13.1. The zero-order valence-corrected chi connectivity index (χ0v) is 16.4. The summed E-state index contributed by atoms with van der Waals surface area (Å²) in [5.74, 6) is 0.390.